The van der Waals surface area contributed by atoms with E-state index in [-0.39, 0.29) is 46.9 Å². The van der Waals surface area contributed by atoms with Crippen LogP contribution in [0.25, 0.3) is 5.78 Å². The van der Waals surface area contributed by atoms with Crippen LogP contribution in [-0.2, 0) is 4.74 Å². The molecule has 1 N–H and O–H groups in total. The minimum absolute atomic E-state index is 0.0113. The fourth-order valence-corrected chi connectivity index (χ4v) is 2.77. The lowest BCUT2D eigenvalue weighted by atomic mass is 9.92. The Bertz CT molecular complexity index is 953. The Morgan fingerprint density at radius 3 is 3.00 bits per heavy atom. The molecular weight excluding hydrogens is 365 g/mol. The van der Waals surface area contributed by atoms with Crippen LogP contribution in [0.2, 0.25) is 0 Å². The van der Waals surface area contributed by atoms with Crippen molar-refractivity contribution < 1.29 is 18.7 Å². The number of aromatic nitrogens is 4. The van der Waals surface area contributed by atoms with Crippen LogP contribution in [0, 0.1) is 5.92 Å². The Hall–Kier alpha value is -2.81. The number of hydrogen-bond donors (Lipinski definition) is 1. The van der Waals surface area contributed by atoms with E-state index in [1.165, 1.54) is 30.1 Å². The van der Waals surface area contributed by atoms with Gasteiger partial charge in [-0.2, -0.15) is 14.6 Å². The summed E-state index contributed by atoms with van der Waals surface area (Å²) in [5.74, 6) is -1.55. The molecule has 0 saturated carbocycles. The molecule has 0 spiro atoms. The van der Waals surface area contributed by atoms with Gasteiger partial charge in [0.1, 0.15) is 17.8 Å². The van der Waals surface area contributed by atoms with Gasteiger partial charge in [0.15, 0.2) is 5.69 Å². The van der Waals surface area contributed by atoms with Crippen molar-refractivity contribution in [2.75, 3.05) is 13.7 Å². The molecule has 1 atom stereocenters. The predicted octanol–water partition coefficient (Wildman–Crippen LogP) is 2.03. The first-order valence-corrected chi connectivity index (χ1v) is 8.10. The molecule has 0 fully saturated rings. The fraction of sp³-hybridized carbons (Fsp3) is 0.312. The van der Waals surface area contributed by atoms with E-state index in [1.807, 2.05) is 6.92 Å². The van der Waals surface area contributed by atoms with Crippen LogP contribution in [0.4, 0.5) is 4.39 Å². The average Bonchev–Trinajstić information content (AvgIpc) is 3.10. The zero-order valence-corrected chi connectivity index (χ0v) is 14.7. The largest absolute Gasteiger partial charge is 0.464 e. The Morgan fingerprint density at radius 1 is 1.50 bits per heavy atom. The van der Waals surface area contributed by atoms with Crippen LogP contribution in [0.3, 0.4) is 0 Å². The maximum atomic E-state index is 13.5. The number of esters is 1. The molecule has 0 aromatic carbocycles. The van der Waals surface area contributed by atoms with Gasteiger partial charge in [0.2, 0.25) is 0 Å². The van der Waals surface area contributed by atoms with E-state index < -0.39 is 11.9 Å². The molecule has 2 heterocycles. The smallest absolute Gasteiger partial charge is 0.356 e. The molecule has 0 aliphatic heterocycles. The highest BCUT2D eigenvalue weighted by atomic mass is 35.5. The third-order valence-electron chi connectivity index (χ3n) is 4.02. The second-order valence-electron chi connectivity index (χ2n) is 5.75. The predicted molar refractivity (Wildman–Crippen MR) is 90.3 cm³/mol. The molecule has 136 valence electrons. The van der Waals surface area contributed by atoms with Crippen molar-refractivity contribution in [3.05, 3.63) is 46.3 Å². The van der Waals surface area contributed by atoms with Crippen molar-refractivity contribution in [3.63, 3.8) is 0 Å². The van der Waals surface area contributed by atoms with Crippen molar-refractivity contribution >= 4 is 29.3 Å². The highest BCUT2D eigenvalue weighted by molar-refractivity contribution is 6.31. The molecule has 10 heteroatoms. The van der Waals surface area contributed by atoms with Gasteiger partial charge in [0.05, 0.1) is 12.1 Å². The number of nitrogens with one attached hydrogen (secondary N) is 1. The molecule has 1 amide bonds. The number of allylic oxidation sites excluding steroid dienone is 3. The number of methoxy groups -OCH3 is 1. The Morgan fingerprint density at radius 2 is 2.27 bits per heavy atom. The van der Waals surface area contributed by atoms with Crippen molar-refractivity contribution in [3.8, 4) is 0 Å². The lowest BCUT2D eigenvalue weighted by molar-refractivity contribution is 0.0590. The van der Waals surface area contributed by atoms with Crippen LogP contribution in [0.1, 0.15) is 34.3 Å². The first kappa shape index (κ1) is 18.0. The normalized spacial score (nSPS) is 17.2. The summed E-state index contributed by atoms with van der Waals surface area (Å²) in [6, 6.07) is 1.27. The molecule has 1 unspecified atom stereocenters. The number of hydrogen-bond acceptors (Lipinski definition) is 6. The highest BCUT2D eigenvalue weighted by Crippen LogP contribution is 2.31. The quantitative estimate of drug-likeness (QED) is 0.816. The molecule has 2 aromatic heterocycles. The molecule has 8 nitrogen and oxygen atoms in total. The number of ether oxygens (including phenoxy) is 1. The summed E-state index contributed by atoms with van der Waals surface area (Å²) in [6.07, 6.45) is 2.92. The monoisotopic (exact) mass is 379 g/mol. The Kier molecular flexibility index (Phi) is 4.99. The standard InChI is InChI=1S/C16H15ClFN5O3/c1-8-3-11(18)10(17)4-9(8)6-19-14(24)12-5-13(15(25)26-2)23-16(22-12)20-7-21-23/h4-5,7-8H,3,6H2,1-2H3,(H,19,24). The van der Waals surface area contributed by atoms with Gasteiger partial charge in [-0.05, 0) is 17.6 Å². The van der Waals surface area contributed by atoms with Gasteiger partial charge < -0.3 is 10.1 Å². The zero-order chi connectivity index (χ0) is 18.8. The lowest BCUT2D eigenvalue weighted by Crippen LogP contribution is -2.29. The van der Waals surface area contributed by atoms with Gasteiger partial charge in [0, 0.05) is 19.0 Å². The first-order chi connectivity index (χ1) is 12.4. The fourth-order valence-electron chi connectivity index (χ4n) is 2.56. The summed E-state index contributed by atoms with van der Waals surface area (Å²) in [5, 5.41) is 6.62. The zero-order valence-electron chi connectivity index (χ0n) is 14.0. The topological polar surface area (TPSA) is 98.5 Å². The van der Waals surface area contributed by atoms with Gasteiger partial charge in [-0.1, -0.05) is 18.5 Å². The maximum absolute atomic E-state index is 13.5. The van der Waals surface area contributed by atoms with Crippen molar-refractivity contribution in [1.29, 1.82) is 0 Å². The maximum Gasteiger partial charge on any atom is 0.356 e. The highest BCUT2D eigenvalue weighted by Gasteiger charge is 2.22. The summed E-state index contributed by atoms with van der Waals surface area (Å²) in [7, 11) is 1.22. The minimum atomic E-state index is -0.673. The third-order valence-corrected chi connectivity index (χ3v) is 4.34. The molecule has 26 heavy (non-hydrogen) atoms. The summed E-state index contributed by atoms with van der Waals surface area (Å²) in [4.78, 5) is 32.3. The van der Waals surface area contributed by atoms with Crippen LogP contribution in [0.15, 0.2) is 34.9 Å². The van der Waals surface area contributed by atoms with Crippen molar-refractivity contribution in [2.24, 2.45) is 5.92 Å². The molecular formula is C16H15ClFN5O3. The van der Waals surface area contributed by atoms with E-state index in [1.54, 1.807) is 0 Å². The number of nitrogens with zero attached hydrogens (tertiary/aromatic N) is 4. The van der Waals surface area contributed by atoms with E-state index in [0.29, 0.717) is 0 Å². The second kappa shape index (κ2) is 7.20. The van der Waals surface area contributed by atoms with E-state index in [4.69, 9.17) is 11.6 Å². The van der Waals surface area contributed by atoms with Gasteiger partial charge in [-0.25, -0.2) is 14.2 Å². The van der Waals surface area contributed by atoms with Crippen molar-refractivity contribution in [2.45, 2.75) is 13.3 Å². The van der Waals surface area contributed by atoms with Crippen LogP contribution in [0.5, 0.6) is 0 Å². The van der Waals surface area contributed by atoms with Crippen LogP contribution < -0.4 is 5.32 Å². The lowest BCUT2D eigenvalue weighted by Gasteiger charge is -2.20. The summed E-state index contributed by atoms with van der Waals surface area (Å²) in [6.45, 7) is 2.02. The van der Waals surface area contributed by atoms with E-state index in [0.717, 1.165) is 5.57 Å². The summed E-state index contributed by atoms with van der Waals surface area (Å²) >= 11 is 5.82. The van der Waals surface area contributed by atoms with E-state index in [2.05, 4.69) is 25.1 Å². The number of carbonyl (C=O) groups is 2. The number of rotatable bonds is 4. The SMILES string of the molecule is COC(=O)c1cc(C(=O)NCC2=CC(Cl)=C(F)CC2C)nc2ncnn12. The number of fused-ring (bicyclic) bond motifs is 1. The second-order valence-corrected chi connectivity index (χ2v) is 6.16. The van der Waals surface area contributed by atoms with Crippen molar-refractivity contribution in [1.82, 2.24) is 24.9 Å². The average molecular weight is 380 g/mol. The van der Waals surface area contributed by atoms with Gasteiger partial charge in [-0.15, -0.1) is 0 Å². The number of amides is 1. The van der Waals surface area contributed by atoms with Crippen LogP contribution >= 0.6 is 11.6 Å². The number of carbonyl (C=O) groups excluding carboxylic acids is 2. The van der Waals surface area contributed by atoms with E-state index >= 15 is 0 Å². The molecule has 1 aliphatic rings. The molecule has 0 radical (unpaired) electrons. The third kappa shape index (κ3) is 3.43. The molecule has 1 aliphatic carbocycles. The molecule has 0 bridgehead atoms. The molecule has 0 saturated heterocycles. The molecule has 3 rings (SSSR count). The van der Waals surface area contributed by atoms with Gasteiger partial charge >= 0.3 is 5.97 Å². The Balaban J connectivity index is 1.82. The van der Waals surface area contributed by atoms with Gasteiger partial charge in [0.25, 0.3) is 11.7 Å². The Labute approximate surface area is 152 Å². The summed E-state index contributed by atoms with van der Waals surface area (Å²) < 4.78 is 19.4. The summed E-state index contributed by atoms with van der Waals surface area (Å²) in [5.41, 5.74) is 0.808. The first-order valence-electron chi connectivity index (χ1n) is 7.72. The number of halogens is 2. The van der Waals surface area contributed by atoms with Gasteiger partial charge in [-0.3, -0.25) is 4.79 Å². The molecule has 2 aromatic rings. The minimum Gasteiger partial charge on any atom is -0.464 e. The van der Waals surface area contributed by atoms with Crippen LogP contribution in [-0.4, -0.2) is 45.1 Å². The van der Waals surface area contributed by atoms with E-state index in [9.17, 15) is 14.0 Å².